The van der Waals surface area contributed by atoms with Gasteiger partial charge in [0.1, 0.15) is 0 Å². The number of hydrogen-bond acceptors (Lipinski definition) is 4. The molecule has 1 unspecified atom stereocenters. The lowest BCUT2D eigenvalue weighted by molar-refractivity contribution is -0.163. The van der Waals surface area contributed by atoms with E-state index in [1.165, 1.54) is 0 Å². The van der Waals surface area contributed by atoms with Crippen LogP contribution in [0.4, 0.5) is 0 Å². The van der Waals surface area contributed by atoms with E-state index in [-0.39, 0.29) is 19.1 Å². The highest BCUT2D eigenvalue weighted by Gasteiger charge is 2.33. The van der Waals surface area contributed by atoms with Crippen LogP contribution < -0.4 is 0 Å². The Hall–Kier alpha value is -1.32. The summed E-state index contributed by atoms with van der Waals surface area (Å²) in [7, 11) is 0. The fourth-order valence-corrected chi connectivity index (χ4v) is 1.13. The van der Waals surface area contributed by atoms with E-state index in [9.17, 15) is 9.59 Å². The molecule has 0 rings (SSSR count). The molecule has 0 radical (unpaired) electrons. The summed E-state index contributed by atoms with van der Waals surface area (Å²) in [4.78, 5) is 23.0. The molecule has 0 N–H and O–H groups in total. The number of rotatable bonds is 6. The Bertz CT molecular complexity index is 217. The van der Waals surface area contributed by atoms with E-state index in [1.54, 1.807) is 26.8 Å². The standard InChI is InChI=1S/C11H18O4/c1-5-8(4)9(10(12)14-6-2)11(13)15-7-3/h5,8-9H,1,6-7H2,2-4H3. The number of allylic oxidation sites excluding steroid dienone is 1. The van der Waals surface area contributed by atoms with Gasteiger partial charge < -0.3 is 9.47 Å². The van der Waals surface area contributed by atoms with E-state index in [0.29, 0.717) is 0 Å². The van der Waals surface area contributed by atoms with Crippen molar-refractivity contribution in [1.29, 1.82) is 0 Å². The molecule has 86 valence electrons. The molecule has 0 amide bonds. The summed E-state index contributed by atoms with van der Waals surface area (Å²) in [6.45, 7) is 9.16. The van der Waals surface area contributed by atoms with Crippen LogP contribution in [0.15, 0.2) is 12.7 Å². The molecule has 4 heteroatoms. The van der Waals surface area contributed by atoms with Gasteiger partial charge in [-0.25, -0.2) is 0 Å². The number of esters is 2. The van der Waals surface area contributed by atoms with Gasteiger partial charge in [-0.2, -0.15) is 0 Å². The Morgan fingerprint density at radius 2 is 1.60 bits per heavy atom. The summed E-state index contributed by atoms with van der Waals surface area (Å²) >= 11 is 0. The molecule has 0 aliphatic heterocycles. The molecule has 1 atom stereocenters. The van der Waals surface area contributed by atoms with Gasteiger partial charge in [-0.3, -0.25) is 9.59 Å². The molecule has 0 aromatic rings. The molecule has 0 spiro atoms. The third kappa shape index (κ3) is 4.14. The third-order valence-corrected chi connectivity index (χ3v) is 1.98. The second kappa shape index (κ2) is 7.04. The molecule has 0 aromatic carbocycles. The van der Waals surface area contributed by atoms with Gasteiger partial charge in [-0.1, -0.05) is 13.0 Å². The van der Waals surface area contributed by atoms with Crippen molar-refractivity contribution in [2.45, 2.75) is 20.8 Å². The lowest BCUT2D eigenvalue weighted by Crippen LogP contribution is -2.32. The quantitative estimate of drug-likeness (QED) is 0.382. The maximum absolute atomic E-state index is 11.5. The summed E-state index contributed by atoms with van der Waals surface area (Å²) in [5, 5.41) is 0. The van der Waals surface area contributed by atoms with Crippen LogP contribution in [0, 0.1) is 11.8 Å². The van der Waals surface area contributed by atoms with E-state index in [0.717, 1.165) is 0 Å². The Labute approximate surface area is 90.2 Å². The summed E-state index contributed by atoms with van der Waals surface area (Å²) in [5.74, 6) is -2.29. The highest BCUT2D eigenvalue weighted by molar-refractivity contribution is 5.95. The summed E-state index contributed by atoms with van der Waals surface area (Å²) in [6.07, 6.45) is 1.54. The first-order chi connectivity index (χ1) is 7.08. The fraction of sp³-hybridized carbons (Fsp3) is 0.636. The van der Waals surface area contributed by atoms with Gasteiger partial charge in [-0.05, 0) is 19.8 Å². The Balaban J connectivity index is 4.63. The predicted octanol–water partition coefficient (Wildman–Crippen LogP) is 1.55. The molecule has 0 aromatic heterocycles. The van der Waals surface area contributed by atoms with Crippen LogP contribution in [0.25, 0.3) is 0 Å². The van der Waals surface area contributed by atoms with Crippen LogP contribution in [-0.4, -0.2) is 25.2 Å². The fourth-order valence-electron chi connectivity index (χ4n) is 1.13. The number of carbonyl (C=O) groups excluding carboxylic acids is 2. The monoisotopic (exact) mass is 214 g/mol. The van der Waals surface area contributed by atoms with Crippen LogP contribution in [0.1, 0.15) is 20.8 Å². The summed E-state index contributed by atoms with van der Waals surface area (Å²) < 4.78 is 9.61. The minimum atomic E-state index is -0.901. The molecule has 0 saturated carbocycles. The van der Waals surface area contributed by atoms with E-state index >= 15 is 0 Å². The topological polar surface area (TPSA) is 52.6 Å². The van der Waals surface area contributed by atoms with E-state index in [2.05, 4.69) is 6.58 Å². The van der Waals surface area contributed by atoms with Crippen molar-refractivity contribution in [3.8, 4) is 0 Å². The van der Waals surface area contributed by atoms with Crippen LogP contribution in [0.5, 0.6) is 0 Å². The van der Waals surface area contributed by atoms with Gasteiger partial charge in [0.25, 0.3) is 0 Å². The molecule has 0 aliphatic carbocycles. The van der Waals surface area contributed by atoms with Crippen molar-refractivity contribution in [3.05, 3.63) is 12.7 Å². The first-order valence-electron chi connectivity index (χ1n) is 5.04. The number of carbonyl (C=O) groups is 2. The van der Waals surface area contributed by atoms with Crippen molar-refractivity contribution >= 4 is 11.9 Å². The Morgan fingerprint density at radius 3 is 1.87 bits per heavy atom. The maximum atomic E-state index is 11.5. The van der Waals surface area contributed by atoms with Gasteiger partial charge in [0.2, 0.25) is 0 Å². The molecule has 0 fully saturated rings. The molecule has 0 bridgehead atoms. The average molecular weight is 214 g/mol. The first kappa shape index (κ1) is 13.7. The van der Waals surface area contributed by atoms with Crippen LogP contribution in [0.3, 0.4) is 0 Å². The van der Waals surface area contributed by atoms with Gasteiger partial charge in [0.15, 0.2) is 5.92 Å². The van der Waals surface area contributed by atoms with Gasteiger partial charge in [-0.15, -0.1) is 6.58 Å². The van der Waals surface area contributed by atoms with Crippen molar-refractivity contribution in [2.75, 3.05) is 13.2 Å². The summed E-state index contributed by atoms with van der Waals surface area (Å²) in [6, 6.07) is 0. The van der Waals surface area contributed by atoms with Crippen molar-refractivity contribution in [1.82, 2.24) is 0 Å². The zero-order valence-electron chi connectivity index (χ0n) is 9.49. The first-order valence-corrected chi connectivity index (χ1v) is 5.04. The Morgan fingerprint density at radius 1 is 1.20 bits per heavy atom. The predicted molar refractivity (Wildman–Crippen MR) is 56.1 cm³/mol. The van der Waals surface area contributed by atoms with Crippen molar-refractivity contribution in [2.24, 2.45) is 11.8 Å². The molecule has 0 saturated heterocycles. The second-order valence-electron chi connectivity index (χ2n) is 3.08. The van der Waals surface area contributed by atoms with Crippen molar-refractivity contribution in [3.63, 3.8) is 0 Å². The largest absolute Gasteiger partial charge is 0.465 e. The zero-order chi connectivity index (χ0) is 11.8. The third-order valence-electron chi connectivity index (χ3n) is 1.98. The number of hydrogen-bond donors (Lipinski definition) is 0. The van der Waals surface area contributed by atoms with Crippen molar-refractivity contribution < 1.29 is 19.1 Å². The molecular formula is C11H18O4. The summed E-state index contributed by atoms with van der Waals surface area (Å²) in [5.41, 5.74) is 0. The minimum Gasteiger partial charge on any atom is -0.465 e. The molecule has 0 aliphatic rings. The second-order valence-corrected chi connectivity index (χ2v) is 3.08. The lowest BCUT2D eigenvalue weighted by Gasteiger charge is -2.17. The van der Waals surface area contributed by atoms with Gasteiger partial charge in [0, 0.05) is 0 Å². The average Bonchev–Trinajstić information content (AvgIpc) is 2.18. The van der Waals surface area contributed by atoms with Gasteiger partial charge in [0.05, 0.1) is 13.2 Å². The molecule has 15 heavy (non-hydrogen) atoms. The van der Waals surface area contributed by atoms with E-state index in [1.807, 2.05) is 0 Å². The van der Waals surface area contributed by atoms with Crippen LogP contribution in [-0.2, 0) is 19.1 Å². The Kier molecular flexibility index (Phi) is 6.42. The van der Waals surface area contributed by atoms with Crippen LogP contribution in [0.2, 0.25) is 0 Å². The van der Waals surface area contributed by atoms with E-state index in [4.69, 9.17) is 9.47 Å². The smallest absolute Gasteiger partial charge is 0.320 e. The number of ether oxygens (including phenoxy) is 2. The minimum absolute atomic E-state index is 0.249. The van der Waals surface area contributed by atoms with E-state index < -0.39 is 17.9 Å². The molecular weight excluding hydrogens is 196 g/mol. The molecule has 0 heterocycles. The highest BCUT2D eigenvalue weighted by Crippen LogP contribution is 2.16. The highest BCUT2D eigenvalue weighted by atomic mass is 16.6. The van der Waals surface area contributed by atoms with Crippen LogP contribution >= 0.6 is 0 Å². The van der Waals surface area contributed by atoms with Gasteiger partial charge >= 0.3 is 11.9 Å². The maximum Gasteiger partial charge on any atom is 0.320 e. The molecule has 4 nitrogen and oxygen atoms in total. The SMILES string of the molecule is C=CC(C)C(C(=O)OCC)C(=O)OCC. The zero-order valence-corrected chi connectivity index (χ0v) is 9.49. The lowest BCUT2D eigenvalue weighted by atomic mass is 9.94. The normalized spacial score (nSPS) is 12.0.